The van der Waals surface area contributed by atoms with Crippen molar-refractivity contribution in [2.24, 2.45) is 0 Å². The van der Waals surface area contributed by atoms with Crippen molar-refractivity contribution in [1.29, 1.82) is 0 Å². The molecule has 0 bridgehead atoms. The number of aromatic nitrogens is 1. The third-order valence-electron chi connectivity index (χ3n) is 3.32. The number of halogens is 1. The normalized spacial score (nSPS) is 10.5. The second kappa shape index (κ2) is 6.03. The number of hydrogen-bond donors (Lipinski definition) is 1. The van der Waals surface area contributed by atoms with Crippen molar-refractivity contribution in [3.05, 3.63) is 65.3 Å². The number of nitrogens with one attached hydrogen (secondary N) is 1. The van der Waals surface area contributed by atoms with Crippen LogP contribution in [0, 0.1) is 0 Å². The minimum atomic E-state index is -0.231. The average Bonchev–Trinajstić information content (AvgIpc) is 2.56. The van der Waals surface area contributed by atoms with E-state index in [1.54, 1.807) is 37.6 Å². The summed E-state index contributed by atoms with van der Waals surface area (Å²) in [5.74, 6) is 0.406. The van der Waals surface area contributed by atoms with E-state index < -0.39 is 0 Å². The Bertz CT molecular complexity index is 844. The van der Waals surface area contributed by atoms with Crippen LogP contribution in [0.5, 0.6) is 5.75 Å². The van der Waals surface area contributed by atoms with Gasteiger partial charge >= 0.3 is 0 Å². The first-order valence-corrected chi connectivity index (χ1v) is 7.05. The van der Waals surface area contributed by atoms with Gasteiger partial charge in [-0.25, -0.2) is 0 Å². The fourth-order valence-electron chi connectivity index (χ4n) is 2.21. The Labute approximate surface area is 132 Å². The van der Waals surface area contributed by atoms with Gasteiger partial charge in [-0.15, -0.1) is 0 Å². The van der Waals surface area contributed by atoms with Crippen molar-refractivity contribution in [2.45, 2.75) is 0 Å². The van der Waals surface area contributed by atoms with Gasteiger partial charge in [-0.3, -0.25) is 9.78 Å². The van der Waals surface area contributed by atoms with Gasteiger partial charge in [-0.2, -0.15) is 0 Å². The molecule has 2 aromatic carbocycles. The highest BCUT2D eigenvalue weighted by Gasteiger charge is 2.12. The fourth-order valence-corrected chi connectivity index (χ4v) is 2.43. The van der Waals surface area contributed by atoms with Crippen LogP contribution in [0.2, 0.25) is 5.02 Å². The number of pyridine rings is 1. The molecule has 1 N–H and O–H groups in total. The molecular formula is C17H13ClN2O2. The quantitative estimate of drug-likeness (QED) is 0.790. The minimum Gasteiger partial charge on any atom is -0.497 e. The molecule has 0 unspecified atom stereocenters. The summed E-state index contributed by atoms with van der Waals surface area (Å²) >= 11 is 6.15. The topological polar surface area (TPSA) is 51.2 Å². The first-order valence-electron chi connectivity index (χ1n) is 6.67. The van der Waals surface area contributed by atoms with Crippen LogP contribution < -0.4 is 10.1 Å². The Morgan fingerprint density at radius 2 is 2.00 bits per heavy atom. The van der Waals surface area contributed by atoms with Crippen molar-refractivity contribution < 1.29 is 9.53 Å². The smallest absolute Gasteiger partial charge is 0.256 e. The van der Waals surface area contributed by atoms with Gasteiger partial charge in [-0.05, 0) is 24.3 Å². The van der Waals surface area contributed by atoms with Crippen LogP contribution in [-0.4, -0.2) is 18.0 Å². The molecule has 1 aromatic heterocycles. The summed E-state index contributed by atoms with van der Waals surface area (Å²) in [5.41, 5.74) is 1.86. The summed E-state index contributed by atoms with van der Waals surface area (Å²) in [6.07, 6.45) is 1.62. The first kappa shape index (κ1) is 14.4. The van der Waals surface area contributed by atoms with Gasteiger partial charge in [0.2, 0.25) is 0 Å². The SMILES string of the molecule is COc1ccc(NC(=O)c2ccnc3ccccc23)c(Cl)c1. The zero-order chi connectivity index (χ0) is 15.5. The maximum absolute atomic E-state index is 12.5. The van der Waals surface area contributed by atoms with Gasteiger partial charge in [0, 0.05) is 17.6 Å². The van der Waals surface area contributed by atoms with Crippen molar-refractivity contribution in [1.82, 2.24) is 4.98 Å². The highest BCUT2D eigenvalue weighted by atomic mass is 35.5. The molecule has 1 heterocycles. The van der Waals surface area contributed by atoms with E-state index in [4.69, 9.17) is 16.3 Å². The standard InChI is InChI=1S/C17H13ClN2O2/c1-22-11-6-7-16(14(18)10-11)20-17(21)13-8-9-19-15-5-3-2-4-12(13)15/h2-10H,1H3,(H,20,21). The van der Waals surface area contributed by atoms with Crippen LogP contribution in [0.4, 0.5) is 5.69 Å². The molecule has 4 nitrogen and oxygen atoms in total. The van der Waals surface area contributed by atoms with E-state index in [0.29, 0.717) is 22.0 Å². The van der Waals surface area contributed by atoms with Crippen LogP contribution in [0.1, 0.15) is 10.4 Å². The lowest BCUT2D eigenvalue weighted by atomic mass is 10.1. The number of methoxy groups -OCH3 is 1. The first-order chi connectivity index (χ1) is 10.7. The largest absolute Gasteiger partial charge is 0.497 e. The zero-order valence-electron chi connectivity index (χ0n) is 11.8. The number of ether oxygens (including phenoxy) is 1. The molecular weight excluding hydrogens is 300 g/mol. The minimum absolute atomic E-state index is 0.231. The number of para-hydroxylation sites is 1. The lowest BCUT2D eigenvalue weighted by Gasteiger charge is -2.10. The fraction of sp³-hybridized carbons (Fsp3) is 0.0588. The maximum Gasteiger partial charge on any atom is 0.256 e. The van der Waals surface area contributed by atoms with Gasteiger partial charge in [0.25, 0.3) is 5.91 Å². The third-order valence-corrected chi connectivity index (χ3v) is 3.63. The van der Waals surface area contributed by atoms with Crippen molar-refractivity contribution in [3.63, 3.8) is 0 Å². The van der Waals surface area contributed by atoms with E-state index >= 15 is 0 Å². The number of fused-ring (bicyclic) bond motifs is 1. The highest BCUT2D eigenvalue weighted by Crippen LogP contribution is 2.27. The van der Waals surface area contributed by atoms with Crippen LogP contribution in [0.3, 0.4) is 0 Å². The van der Waals surface area contributed by atoms with Crippen LogP contribution in [0.15, 0.2) is 54.7 Å². The van der Waals surface area contributed by atoms with E-state index in [1.807, 2.05) is 24.3 Å². The molecule has 0 radical (unpaired) electrons. The molecule has 0 aliphatic heterocycles. The lowest BCUT2D eigenvalue weighted by Crippen LogP contribution is -2.13. The van der Waals surface area contributed by atoms with Gasteiger partial charge in [0.15, 0.2) is 0 Å². The predicted octanol–water partition coefficient (Wildman–Crippen LogP) is 4.15. The van der Waals surface area contributed by atoms with Gasteiger partial charge in [0.05, 0.1) is 28.9 Å². The molecule has 22 heavy (non-hydrogen) atoms. The number of carbonyl (C=O) groups is 1. The molecule has 0 fully saturated rings. The van der Waals surface area contributed by atoms with E-state index in [1.165, 1.54) is 0 Å². The number of carbonyl (C=O) groups excluding carboxylic acids is 1. The maximum atomic E-state index is 12.5. The molecule has 0 spiro atoms. The van der Waals surface area contributed by atoms with E-state index in [9.17, 15) is 4.79 Å². The molecule has 3 aromatic rings. The second-order valence-electron chi connectivity index (χ2n) is 4.68. The Hall–Kier alpha value is -2.59. The van der Waals surface area contributed by atoms with Crippen molar-refractivity contribution in [2.75, 3.05) is 12.4 Å². The third kappa shape index (κ3) is 2.73. The highest BCUT2D eigenvalue weighted by molar-refractivity contribution is 6.34. The van der Waals surface area contributed by atoms with Crippen molar-refractivity contribution >= 4 is 34.1 Å². The summed E-state index contributed by atoms with van der Waals surface area (Å²) in [4.78, 5) is 16.8. The number of benzene rings is 2. The summed E-state index contributed by atoms with van der Waals surface area (Å²) in [7, 11) is 1.56. The average molecular weight is 313 g/mol. The molecule has 5 heteroatoms. The lowest BCUT2D eigenvalue weighted by molar-refractivity contribution is 0.102. The Kier molecular flexibility index (Phi) is 3.94. The van der Waals surface area contributed by atoms with E-state index in [0.717, 1.165) is 10.9 Å². The summed E-state index contributed by atoms with van der Waals surface area (Å²) in [6.45, 7) is 0. The molecule has 0 aliphatic rings. The Morgan fingerprint density at radius 1 is 1.18 bits per heavy atom. The molecule has 0 atom stereocenters. The molecule has 0 saturated heterocycles. The number of nitrogens with zero attached hydrogens (tertiary/aromatic N) is 1. The van der Waals surface area contributed by atoms with Gasteiger partial charge in [0.1, 0.15) is 5.75 Å². The van der Waals surface area contributed by atoms with Crippen LogP contribution in [-0.2, 0) is 0 Å². The Balaban J connectivity index is 1.94. The summed E-state index contributed by atoms with van der Waals surface area (Å²) in [6, 6.07) is 14.3. The van der Waals surface area contributed by atoms with E-state index in [2.05, 4.69) is 10.3 Å². The van der Waals surface area contributed by atoms with Crippen LogP contribution >= 0.6 is 11.6 Å². The van der Waals surface area contributed by atoms with Gasteiger partial charge in [-0.1, -0.05) is 29.8 Å². The summed E-state index contributed by atoms with van der Waals surface area (Å²) < 4.78 is 5.09. The number of hydrogen-bond acceptors (Lipinski definition) is 3. The molecule has 3 rings (SSSR count). The molecule has 0 aliphatic carbocycles. The second-order valence-corrected chi connectivity index (χ2v) is 5.08. The summed E-state index contributed by atoms with van der Waals surface area (Å²) in [5, 5.41) is 4.04. The monoisotopic (exact) mass is 312 g/mol. The van der Waals surface area contributed by atoms with Gasteiger partial charge < -0.3 is 10.1 Å². The molecule has 1 amide bonds. The van der Waals surface area contributed by atoms with Crippen LogP contribution in [0.25, 0.3) is 10.9 Å². The Morgan fingerprint density at radius 3 is 2.77 bits per heavy atom. The number of rotatable bonds is 3. The molecule has 0 saturated carbocycles. The van der Waals surface area contributed by atoms with E-state index in [-0.39, 0.29) is 5.91 Å². The molecule has 110 valence electrons. The number of amides is 1. The van der Waals surface area contributed by atoms with Crippen molar-refractivity contribution in [3.8, 4) is 5.75 Å². The predicted molar refractivity (Wildman–Crippen MR) is 87.7 cm³/mol. The zero-order valence-corrected chi connectivity index (χ0v) is 12.6. The number of anilines is 1.